The highest BCUT2D eigenvalue weighted by Gasteiger charge is 2.20. The third kappa shape index (κ3) is 3.96. The minimum atomic E-state index is -3.51. The van der Waals surface area contributed by atoms with Gasteiger partial charge >= 0.3 is 0 Å². The average Bonchev–Trinajstić information content (AvgIpc) is 2.29. The number of hydrogen-bond donors (Lipinski definition) is 2. The van der Waals surface area contributed by atoms with Crippen molar-refractivity contribution in [2.45, 2.75) is 44.6 Å². The van der Waals surface area contributed by atoms with E-state index in [1.165, 1.54) is 0 Å². The summed E-state index contributed by atoms with van der Waals surface area (Å²) >= 11 is 0. The first-order valence-electron chi connectivity index (χ1n) is 6.22. The van der Waals surface area contributed by atoms with E-state index in [1.54, 1.807) is 18.3 Å². The van der Waals surface area contributed by atoms with Crippen LogP contribution in [0.25, 0.3) is 0 Å². The molecule has 0 bridgehead atoms. The Morgan fingerprint density at radius 3 is 2.72 bits per heavy atom. The van der Waals surface area contributed by atoms with Crippen LogP contribution in [0.15, 0.2) is 23.2 Å². The normalized spacial score (nSPS) is 13.3. The van der Waals surface area contributed by atoms with Crippen molar-refractivity contribution in [1.29, 1.82) is 0 Å². The van der Waals surface area contributed by atoms with Crippen LogP contribution in [0.2, 0.25) is 0 Å². The molecule has 1 heterocycles. The Labute approximate surface area is 109 Å². The molecule has 6 heteroatoms. The molecule has 1 unspecified atom stereocenters. The van der Waals surface area contributed by atoms with E-state index < -0.39 is 10.0 Å². The van der Waals surface area contributed by atoms with E-state index in [0.29, 0.717) is 12.4 Å². The highest BCUT2D eigenvalue weighted by Crippen LogP contribution is 2.18. The second kappa shape index (κ2) is 6.70. The quantitative estimate of drug-likeness (QED) is 0.795. The van der Waals surface area contributed by atoms with Crippen molar-refractivity contribution >= 4 is 15.8 Å². The summed E-state index contributed by atoms with van der Waals surface area (Å²) < 4.78 is 27.1. The standard InChI is InChI=1S/C12H21N3O2S/c1-4-7-10(3)15-18(16,17)11-8-6-9-14-12(11)13-5-2/h6,8-10,15H,4-5,7H2,1-3H3,(H,13,14). The molecule has 1 aromatic rings. The van der Waals surface area contributed by atoms with Crippen LogP contribution < -0.4 is 10.0 Å². The molecule has 1 aromatic heterocycles. The fraction of sp³-hybridized carbons (Fsp3) is 0.583. The van der Waals surface area contributed by atoms with E-state index in [2.05, 4.69) is 15.0 Å². The monoisotopic (exact) mass is 271 g/mol. The molecule has 0 aromatic carbocycles. The van der Waals surface area contributed by atoms with Crippen LogP contribution in [0.5, 0.6) is 0 Å². The van der Waals surface area contributed by atoms with Crippen LogP contribution >= 0.6 is 0 Å². The highest BCUT2D eigenvalue weighted by molar-refractivity contribution is 7.89. The number of rotatable bonds is 7. The summed E-state index contributed by atoms with van der Waals surface area (Å²) in [6, 6.07) is 3.11. The highest BCUT2D eigenvalue weighted by atomic mass is 32.2. The molecule has 0 aliphatic rings. The molecule has 0 fully saturated rings. The molecule has 102 valence electrons. The molecule has 18 heavy (non-hydrogen) atoms. The maximum absolute atomic E-state index is 12.2. The van der Waals surface area contributed by atoms with Gasteiger partial charge in [-0.3, -0.25) is 0 Å². The van der Waals surface area contributed by atoms with E-state index in [-0.39, 0.29) is 10.9 Å². The summed E-state index contributed by atoms with van der Waals surface area (Å²) in [6.07, 6.45) is 3.33. The smallest absolute Gasteiger partial charge is 0.244 e. The van der Waals surface area contributed by atoms with Gasteiger partial charge in [0.05, 0.1) is 0 Å². The van der Waals surface area contributed by atoms with Crippen LogP contribution in [-0.2, 0) is 10.0 Å². The van der Waals surface area contributed by atoms with Crippen LogP contribution in [-0.4, -0.2) is 26.0 Å². The minimum absolute atomic E-state index is 0.0744. The number of sulfonamides is 1. The van der Waals surface area contributed by atoms with Gasteiger partial charge in [0.25, 0.3) is 0 Å². The lowest BCUT2D eigenvalue weighted by Crippen LogP contribution is -2.33. The maximum atomic E-state index is 12.2. The summed E-state index contributed by atoms with van der Waals surface area (Å²) in [7, 11) is -3.51. The molecule has 0 radical (unpaired) electrons. The van der Waals surface area contributed by atoms with Gasteiger partial charge in [-0.05, 0) is 32.4 Å². The van der Waals surface area contributed by atoms with Crippen molar-refractivity contribution in [3.8, 4) is 0 Å². The van der Waals surface area contributed by atoms with Gasteiger partial charge in [-0.15, -0.1) is 0 Å². The lowest BCUT2D eigenvalue weighted by Gasteiger charge is -2.15. The molecule has 2 N–H and O–H groups in total. The fourth-order valence-corrected chi connectivity index (χ4v) is 3.14. The van der Waals surface area contributed by atoms with E-state index in [0.717, 1.165) is 12.8 Å². The molecule has 1 atom stereocenters. The number of hydrogen-bond acceptors (Lipinski definition) is 4. The molecular formula is C12H21N3O2S. The first-order valence-corrected chi connectivity index (χ1v) is 7.70. The van der Waals surface area contributed by atoms with Gasteiger partial charge in [0.1, 0.15) is 10.7 Å². The van der Waals surface area contributed by atoms with Gasteiger partial charge in [0, 0.05) is 18.8 Å². The Morgan fingerprint density at radius 1 is 1.39 bits per heavy atom. The molecule has 0 aliphatic carbocycles. The second-order valence-corrected chi connectivity index (χ2v) is 5.87. The topological polar surface area (TPSA) is 71.1 Å². The SMILES string of the molecule is CCCC(C)NS(=O)(=O)c1cccnc1NCC. The zero-order valence-corrected chi connectivity index (χ0v) is 11.9. The van der Waals surface area contributed by atoms with Crippen molar-refractivity contribution in [1.82, 2.24) is 9.71 Å². The second-order valence-electron chi connectivity index (χ2n) is 4.19. The fourth-order valence-electron chi connectivity index (χ4n) is 1.73. The summed E-state index contributed by atoms with van der Waals surface area (Å²) in [5.74, 6) is 0.399. The summed E-state index contributed by atoms with van der Waals surface area (Å²) in [5.41, 5.74) is 0. The molecule has 5 nitrogen and oxygen atoms in total. The van der Waals surface area contributed by atoms with Gasteiger partial charge < -0.3 is 5.32 Å². The predicted molar refractivity (Wildman–Crippen MR) is 73.1 cm³/mol. The summed E-state index contributed by atoms with van der Waals surface area (Å²) in [4.78, 5) is 4.26. The van der Waals surface area contributed by atoms with Gasteiger partial charge in [0.15, 0.2) is 0 Å². The molecule has 0 spiro atoms. The largest absolute Gasteiger partial charge is 0.369 e. The average molecular weight is 271 g/mol. The third-order valence-electron chi connectivity index (χ3n) is 2.48. The number of nitrogens with zero attached hydrogens (tertiary/aromatic N) is 1. The molecular weight excluding hydrogens is 250 g/mol. The Balaban J connectivity index is 2.97. The third-order valence-corrected chi connectivity index (χ3v) is 4.10. The minimum Gasteiger partial charge on any atom is -0.369 e. The Morgan fingerprint density at radius 2 is 2.11 bits per heavy atom. The van der Waals surface area contributed by atoms with Crippen LogP contribution in [0.1, 0.15) is 33.6 Å². The van der Waals surface area contributed by atoms with Crippen molar-refractivity contribution in [3.63, 3.8) is 0 Å². The number of nitrogens with one attached hydrogen (secondary N) is 2. The molecule has 0 aliphatic heterocycles. The van der Waals surface area contributed by atoms with Crippen LogP contribution in [0.4, 0.5) is 5.82 Å². The zero-order chi connectivity index (χ0) is 13.6. The number of pyridine rings is 1. The number of anilines is 1. The van der Waals surface area contributed by atoms with Crippen molar-refractivity contribution in [2.24, 2.45) is 0 Å². The maximum Gasteiger partial charge on any atom is 0.244 e. The van der Waals surface area contributed by atoms with Gasteiger partial charge in [-0.2, -0.15) is 0 Å². The molecule has 0 amide bonds. The van der Waals surface area contributed by atoms with Crippen LogP contribution in [0.3, 0.4) is 0 Å². The molecule has 0 saturated carbocycles. The lowest BCUT2D eigenvalue weighted by molar-refractivity contribution is 0.544. The number of aromatic nitrogens is 1. The first kappa shape index (κ1) is 14.9. The predicted octanol–water partition coefficient (Wildman–Crippen LogP) is 1.98. The first-order chi connectivity index (χ1) is 8.51. The van der Waals surface area contributed by atoms with Gasteiger partial charge in [-0.1, -0.05) is 13.3 Å². The van der Waals surface area contributed by atoms with Crippen molar-refractivity contribution < 1.29 is 8.42 Å². The van der Waals surface area contributed by atoms with E-state index in [9.17, 15) is 8.42 Å². The van der Waals surface area contributed by atoms with Crippen molar-refractivity contribution in [3.05, 3.63) is 18.3 Å². The van der Waals surface area contributed by atoms with Crippen LogP contribution in [0, 0.1) is 0 Å². The molecule has 0 saturated heterocycles. The Kier molecular flexibility index (Phi) is 5.55. The zero-order valence-electron chi connectivity index (χ0n) is 11.1. The van der Waals surface area contributed by atoms with Gasteiger partial charge in [-0.25, -0.2) is 18.1 Å². The Hall–Kier alpha value is -1.14. The van der Waals surface area contributed by atoms with E-state index in [1.807, 2.05) is 20.8 Å². The molecule has 1 rings (SSSR count). The Bertz CT molecular complexity index is 474. The van der Waals surface area contributed by atoms with Crippen molar-refractivity contribution in [2.75, 3.05) is 11.9 Å². The van der Waals surface area contributed by atoms with E-state index in [4.69, 9.17) is 0 Å². The summed E-state index contributed by atoms with van der Waals surface area (Å²) in [5, 5.41) is 2.96. The van der Waals surface area contributed by atoms with Gasteiger partial charge in [0.2, 0.25) is 10.0 Å². The van der Waals surface area contributed by atoms with E-state index >= 15 is 0 Å². The lowest BCUT2D eigenvalue weighted by atomic mass is 10.2. The summed E-state index contributed by atoms with van der Waals surface area (Å²) in [6.45, 7) is 6.42.